The Morgan fingerprint density at radius 1 is 1.54 bits per heavy atom. The molecular weight excluding hydrogens is 186 g/mol. The number of hydrogen-bond acceptors (Lipinski definition) is 5. The Bertz CT molecular complexity index is 366. The van der Waals surface area contributed by atoms with E-state index >= 15 is 0 Å². The number of aromatic nitrogens is 4. The van der Waals surface area contributed by atoms with Crippen molar-refractivity contribution in [2.24, 2.45) is 0 Å². The lowest BCUT2D eigenvalue weighted by Crippen LogP contribution is -1.97. The number of aromatic amines is 1. The topological polar surface area (TPSA) is 66.5 Å². The summed E-state index contributed by atoms with van der Waals surface area (Å²) in [7, 11) is 0. The summed E-state index contributed by atoms with van der Waals surface area (Å²) < 4.78 is 3.75. The zero-order valence-corrected chi connectivity index (χ0v) is 7.93. The van der Waals surface area contributed by atoms with Crippen LogP contribution in [-0.4, -0.2) is 19.8 Å². The molecule has 2 N–H and O–H groups in total. The van der Waals surface area contributed by atoms with Crippen molar-refractivity contribution in [2.75, 3.05) is 5.32 Å². The largest absolute Gasteiger partial charge is 0.370 e. The summed E-state index contributed by atoms with van der Waals surface area (Å²) in [6.07, 6.45) is 3.52. The third-order valence-electron chi connectivity index (χ3n) is 1.75. The second-order valence-electron chi connectivity index (χ2n) is 2.66. The minimum absolute atomic E-state index is 0.756. The molecule has 0 amide bonds. The van der Waals surface area contributed by atoms with Crippen molar-refractivity contribution in [3.05, 3.63) is 23.7 Å². The van der Waals surface area contributed by atoms with Crippen LogP contribution in [0.4, 0.5) is 5.00 Å². The lowest BCUT2D eigenvalue weighted by Gasteiger charge is -1.99. The van der Waals surface area contributed by atoms with Gasteiger partial charge in [0.2, 0.25) is 0 Å². The Hall–Kier alpha value is -1.43. The van der Waals surface area contributed by atoms with Crippen molar-refractivity contribution in [2.45, 2.75) is 13.5 Å². The van der Waals surface area contributed by atoms with E-state index in [1.807, 2.05) is 13.1 Å². The maximum atomic E-state index is 3.93. The molecule has 0 unspecified atom stereocenters. The molecule has 0 radical (unpaired) electrons. The number of anilines is 1. The highest BCUT2D eigenvalue weighted by molar-refractivity contribution is 7.09. The van der Waals surface area contributed by atoms with Gasteiger partial charge in [0, 0.05) is 29.3 Å². The zero-order valence-electron chi connectivity index (χ0n) is 7.11. The first-order chi connectivity index (χ1) is 6.36. The van der Waals surface area contributed by atoms with Gasteiger partial charge >= 0.3 is 0 Å². The maximum absolute atomic E-state index is 3.93. The molecule has 5 nitrogen and oxygen atoms in total. The third kappa shape index (κ3) is 1.83. The Morgan fingerprint density at radius 3 is 3.08 bits per heavy atom. The quantitative estimate of drug-likeness (QED) is 0.771. The molecule has 2 aromatic rings. The molecule has 0 aromatic carbocycles. The van der Waals surface area contributed by atoms with Crippen LogP contribution in [-0.2, 0) is 6.54 Å². The average molecular weight is 195 g/mol. The van der Waals surface area contributed by atoms with Crippen LogP contribution in [0, 0.1) is 6.92 Å². The zero-order chi connectivity index (χ0) is 9.10. The molecule has 13 heavy (non-hydrogen) atoms. The summed E-state index contributed by atoms with van der Waals surface area (Å²) in [6, 6.07) is 0. The molecule has 0 atom stereocenters. The van der Waals surface area contributed by atoms with Crippen molar-refractivity contribution >= 4 is 16.5 Å². The maximum Gasteiger partial charge on any atom is 0.130 e. The van der Waals surface area contributed by atoms with E-state index in [2.05, 4.69) is 25.1 Å². The van der Waals surface area contributed by atoms with E-state index < -0.39 is 0 Å². The molecule has 0 aliphatic carbocycles. The average Bonchev–Trinajstić information content (AvgIpc) is 2.72. The van der Waals surface area contributed by atoms with Crippen molar-refractivity contribution in [3.63, 3.8) is 0 Å². The van der Waals surface area contributed by atoms with Crippen LogP contribution in [0.25, 0.3) is 0 Å². The highest BCUT2D eigenvalue weighted by Gasteiger charge is 2.00. The number of H-pyrrole nitrogens is 1. The van der Waals surface area contributed by atoms with Gasteiger partial charge in [-0.15, -0.1) is 5.10 Å². The highest BCUT2D eigenvalue weighted by Crippen LogP contribution is 2.11. The van der Waals surface area contributed by atoms with E-state index in [0.717, 1.165) is 22.8 Å². The Kier molecular flexibility index (Phi) is 2.22. The predicted octanol–water partition coefficient (Wildman–Crippen LogP) is 1.18. The molecule has 0 aliphatic rings. The van der Waals surface area contributed by atoms with Crippen molar-refractivity contribution in [3.8, 4) is 0 Å². The normalized spacial score (nSPS) is 10.2. The van der Waals surface area contributed by atoms with Gasteiger partial charge in [-0.2, -0.15) is 5.10 Å². The predicted molar refractivity (Wildman–Crippen MR) is 50.6 cm³/mol. The van der Waals surface area contributed by atoms with E-state index in [-0.39, 0.29) is 0 Å². The summed E-state index contributed by atoms with van der Waals surface area (Å²) in [5, 5.41) is 14.7. The SMILES string of the molecule is Cc1[nH]ncc1CNc1cnns1. The number of aryl methyl sites for hydroxylation is 1. The fourth-order valence-corrected chi connectivity index (χ4v) is 1.39. The van der Waals surface area contributed by atoms with Gasteiger partial charge in [0.1, 0.15) is 5.00 Å². The first kappa shape index (κ1) is 8.18. The molecule has 0 bridgehead atoms. The van der Waals surface area contributed by atoms with Crippen LogP contribution in [0.2, 0.25) is 0 Å². The Balaban J connectivity index is 1.97. The summed E-state index contributed by atoms with van der Waals surface area (Å²) in [5.74, 6) is 0. The van der Waals surface area contributed by atoms with Gasteiger partial charge in [-0.3, -0.25) is 5.10 Å². The van der Waals surface area contributed by atoms with Gasteiger partial charge in [-0.25, -0.2) is 0 Å². The molecule has 68 valence electrons. The molecule has 0 fully saturated rings. The summed E-state index contributed by atoms with van der Waals surface area (Å²) >= 11 is 1.35. The molecule has 0 saturated carbocycles. The highest BCUT2D eigenvalue weighted by atomic mass is 32.1. The molecule has 0 saturated heterocycles. The van der Waals surface area contributed by atoms with Crippen LogP contribution in [0.3, 0.4) is 0 Å². The van der Waals surface area contributed by atoms with Crippen molar-refractivity contribution < 1.29 is 0 Å². The second kappa shape index (κ2) is 3.53. The van der Waals surface area contributed by atoms with Gasteiger partial charge in [0.15, 0.2) is 0 Å². The molecule has 2 heterocycles. The van der Waals surface area contributed by atoms with Gasteiger partial charge < -0.3 is 5.32 Å². The number of nitrogens with zero attached hydrogens (tertiary/aromatic N) is 3. The summed E-state index contributed by atoms with van der Waals surface area (Å²) in [5.41, 5.74) is 2.25. The Labute approximate surface area is 79.4 Å². The van der Waals surface area contributed by atoms with E-state index in [0.29, 0.717) is 0 Å². The van der Waals surface area contributed by atoms with Crippen LogP contribution < -0.4 is 5.32 Å². The number of hydrogen-bond donors (Lipinski definition) is 2. The third-order valence-corrected chi connectivity index (χ3v) is 2.37. The minimum atomic E-state index is 0.756. The second-order valence-corrected chi connectivity index (χ2v) is 3.44. The lowest BCUT2D eigenvalue weighted by atomic mass is 10.3. The van der Waals surface area contributed by atoms with Gasteiger partial charge in [0.05, 0.1) is 12.4 Å². The van der Waals surface area contributed by atoms with E-state index in [4.69, 9.17) is 0 Å². The summed E-state index contributed by atoms with van der Waals surface area (Å²) in [4.78, 5) is 0. The summed E-state index contributed by atoms with van der Waals surface area (Å²) in [6.45, 7) is 2.75. The van der Waals surface area contributed by atoms with Crippen LogP contribution in [0.5, 0.6) is 0 Å². The molecule has 0 spiro atoms. The van der Waals surface area contributed by atoms with E-state index in [1.54, 1.807) is 6.20 Å². The fourth-order valence-electron chi connectivity index (χ4n) is 0.981. The lowest BCUT2D eigenvalue weighted by molar-refractivity contribution is 1.04. The van der Waals surface area contributed by atoms with E-state index in [1.165, 1.54) is 11.5 Å². The van der Waals surface area contributed by atoms with Crippen molar-refractivity contribution in [1.82, 2.24) is 19.8 Å². The first-order valence-corrected chi connectivity index (χ1v) is 4.63. The van der Waals surface area contributed by atoms with Crippen LogP contribution >= 0.6 is 11.5 Å². The molecule has 6 heteroatoms. The number of rotatable bonds is 3. The molecular formula is C7H9N5S. The van der Waals surface area contributed by atoms with Gasteiger partial charge in [-0.05, 0) is 6.92 Å². The minimum Gasteiger partial charge on any atom is -0.370 e. The standard InChI is InChI=1S/C7H9N5S/c1-5-6(3-9-11-5)2-8-7-4-10-12-13-7/h3-4,8H,2H2,1H3,(H,9,11). The van der Waals surface area contributed by atoms with Crippen LogP contribution in [0.1, 0.15) is 11.3 Å². The molecule has 2 aromatic heterocycles. The smallest absolute Gasteiger partial charge is 0.130 e. The van der Waals surface area contributed by atoms with Crippen LogP contribution in [0.15, 0.2) is 12.4 Å². The van der Waals surface area contributed by atoms with Gasteiger partial charge in [0.25, 0.3) is 0 Å². The first-order valence-electron chi connectivity index (χ1n) is 3.86. The Morgan fingerprint density at radius 2 is 2.46 bits per heavy atom. The van der Waals surface area contributed by atoms with Crippen molar-refractivity contribution in [1.29, 1.82) is 0 Å². The monoisotopic (exact) mass is 195 g/mol. The fraction of sp³-hybridized carbons (Fsp3) is 0.286. The number of nitrogens with one attached hydrogen (secondary N) is 2. The molecule has 2 rings (SSSR count). The molecule has 0 aliphatic heterocycles. The van der Waals surface area contributed by atoms with E-state index in [9.17, 15) is 0 Å². The van der Waals surface area contributed by atoms with Gasteiger partial charge in [-0.1, -0.05) is 4.49 Å².